The van der Waals surface area contributed by atoms with Crippen LogP contribution in [0.2, 0.25) is 0 Å². The summed E-state index contributed by atoms with van der Waals surface area (Å²) in [7, 11) is 0. The van der Waals surface area contributed by atoms with E-state index in [4.69, 9.17) is 11.5 Å². The number of nitrogens with two attached hydrogens (primary N) is 2. The molecule has 15 heavy (non-hydrogen) atoms. The number of aliphatic imine (C=N–C) groups is 1. The van der Waals surface area contributed by atoms with Crippen molar-refractivity contribution in [1.82, 2.24) is 0 Å². The third kappa shape index (κ3) is 9.20. The van der Waals surface area contributed by atoms with E-state index in [0.717, 1.165) is 5.57 Å². The quantitative estimate of drug-likeness (QED) is 0.113. The molecule has 0 heterocycles. The van der Waals surface area contributed by atoms with Crippen LogP contribution in [0, 0.1) is 0 Å². The molecule has 4 N–H and O–H groups in total. The summed E-state index contributed by atoms with van der Waals surface area (Å²) in [5.41, 5.74) is 12.0. The molecule has 4 nitrogen and oxygen atoms in total. The molecule has 0 aromatic carbocycles. The predicted octanol–water partition coefficient (Wildman–Crippen LogP) is -2.02. The van der Waals surface area contributed by atoms with Crippen LogP contribution in [0.4, 0.5) is 0 Å². The van der Waals surface area contributed by atoms with Crippen LogP contribution in [-0.2, 0) is 0 Å². The van der Waals surface area contributed by atoms with Crippen molar-refractivity contribution in [3.63, 3.8) is 0 Å². The second kappa shape index (κ2) is 8.22. The van der Waals surface area contributed by atoms with E-state index in [1.165, 1.54) is 6.08 Å². The fourth-order valence-electron chi connectivity index (χ4n) is 0.512. The molecule has 0 fully saturated rings. The molecule has 84 valence electrons. The first-order valence-electron chi connectivity index (χ1n) is 4.24. The van der Waals surface area contributed by atoms with Gasteiger partial charge in [0.25, 0.3) is 0 Å². The Balaban J connectivity index is 3.97. The molecule has 0 saturated heterocycles. The van der Waals surface area contributed by atoms with E-state index in [1.807, 2.05) is 13.0 Å². The summed E-state index contributed by atoms with van der Waals surface area (Å²) in [6.07, 6.45) is 5.07. The predicted molar refractivity (Wildman–Crippen MR) is 62.3 cm³/mol. The standard InChI is InChI=1S/C10H16IN4/c1-4-9(12)14-7-11-15-10(13)6-5-8(2)3/h4-6H,1-2,7H2,3H3,(H2,12,14)(H2,13,15)/q-1/b6-5-. The van der Waals surface area contributed by atoms with Gasteiger partial charge in [-0.25, -0.2) is 0 Å². The first-order chi connectivity index (χ1) is 7.06. The van der Waals surface area contributed by atoms with Gasteiger partial charge >= 0.3 is 101 Å². The maximum absolute atomic E-state index is 5.62. The number of amidine groups is 2. The van der Waals surface area contributed by atoms with Crippen LogP contribution < -0.4 is 32.9 Å². The molecule has 0 aromatic heterocycles. The van der Waals surface area contributed by atoms with Crippen molar-refractivity contribution < 1.29 is 21.5 Å². The molecule has 0 aromatic rings. The molecule has 0 aliphatic heterocycles. The number of nitrogens with zero attached hydrogens (tertiary/aromatic N) is 2. The zero-order chi connectivity index (χ0) is 11.7. The first-order valence-corrected chi connectivity index (χ1v) is 6.73. The van der Waals surface area contributed by atoms with Gasteiger partial charge in [0.05, 0.1) is 0 Å². The fraction of sp³-hybridized carbons (Fsp3) is 0.200. The van der Waals surface area contributed by atoms with Gasteiger partial charge in [-0.2, -0.15) is 0 Å². The van der Waals surface area contributed by atoms with Gasteiger partial charge in [-0.1, -0.05) is 0 Å². The number of hydrogen-bond donors (Lipinski definition) is 2. The Kier molecular flexibility index (Phi) is 7.61. The Morgan fingerprint density at radius 2 is 2.00 bits per heavy atom. The van der Waals surface area contributed by atoms with Crippen molar-refractivity contribution in [2.24, 2.45) is 19.7 Å². The number of halogens is 1. The molecule has 0 saturated carbocycles. The normalized spacial score (nSPS) is 13.4. The molecule has 0 bridgehead atoms. The van der Waals surface area contributed by atoms with Gasteiger partial charge in [0, 0.05) is 0 Å². The van der Waals surface area contributed by atoms with Gasteiger partial charge < -0.3 is 0 Å². The average molecular weight is 319 g/mol. The van der Waals surface area contributed by atoms with Gasteiger partial charge in [0.15, 0.2) is 0 Å². The summed E-state index contributed by atoms with van der Waals surface area (Å²) in [6.45, 7) is 9.12. The summed E-state index contributed by atoms with van der Waals surface area (Å²) in [5.74, 6) is 0.958. The number of hydrogen-bond acceptors (Lipinski definition) is 2. The molecular weight excluding hydrogens is 303 g/mol. The van der Waals surface area contributed by atoms with Crippen LogP contribution in [0.1, 0.15) is 6.92 Å². The van der Waals surface area contributed by atoms with E-state index < -0.39 is 21.5 Å². The monoisotopic (exact) mass is 319 g/mol. The van der Waals surface area contributed by atoms with E-state index in [-0.39, 0.29) is 0 Å². The number of rotatable bonds is 6. The Hall–Kier alpha value is -1.11. The Labute approximate surface area is 101 Å². The van der Waals surface area contributed by atoms with Crippen molar-refractivity contribution in [3.05, 3.63) is 37.0 Å². The molecule has 0 radical (unpaired) electrons. The Bertz CT molecular complexity index is 315. The van der Waals surface area contributed by atoms with Crippen LogP contribution >= 0.6 is 0 Å². The van der Waals surface area contributed by atoms with Crippen LogP contribution in [0.5, 0.6) is 0 Å². The SMILES string of the molecule is C=CC(N)=NC[I-]N=C(N)/C=C\C(=C)C. The van der Waals surface area contributed by atoms with Crippen molar-refractivity contribution >= 4 is 11.7 Å². The van der Waals surface area contributed by atoms with Crippen molar-refractivity contribution in [1.29, 1.82) is 0 Å². The number of alkyl halides is 1. The molecule has 0 amide bonds. The summed E-state index contributed by atoms with van der Waals surface area (Å²) in [4.78, 5) is 4.03. The van der Waals surface area contributed by atoms with Crippen LogP contribution in [-0.4, -0.2) is 16.2 Å². The molecule has 0 atom stereocenters. The third-order valence-electron chi connectivity index (χ3n) is 1.20. The van der Waals surface area contributed by atoms with E-state index in [2.05, 4.69) is 21.4 Å². The minimum atomic E-state index is -0.421. The molecule has 0 aliphatic carbocycles. The molecule has 0 unspecified atom stereocenters. The van der Waals surface area contributed by atoms with Gasteiger partial charge in [-0.05, 0) is 0 Å². The van der Waals surface area contributed by atoms with E-state index in [9.17, 15) is 0 Å². The molecule has 5 heteroatoms. The van der Waals surface area contributed by atoms with Gasteiger partial charge in [-0.15, -0.1) is 0 Å². The summed E-state index contributed by atoms with van der Waals surface area (Å²) < 4.78 is 4.81. The summed E-state index contributed by atoms with van der Waals surface area (Å²) >= 11 is -0.421. The van der Waals surface area contributed by atoms with E-state index in [0.29, 0.717) is 16.2 Å². The first kappa shape index (κ1) is 13.9. The third-order valence-corrected chi connectivity index (χ3v) is 2.75. The van der Waals surface area contributed by atoms with Crippen LogP contribution in [0.25, 0.3) is 0 Å². The molecule has 0 spiro atoms. The van der Waals surface area contributed by atoms with Crippen molar-refractivity contribution in [3.8, 4) is 0 Å². The Morgan fingerprint density at radius 1 is 1.33 bits per heavy atom. The number of allylic oxidation sites excluding steroid dienone is 2. The van der Waals surface area contributed by atoms with Crippen LogP contribution in [0.15, 0.2) is 45.2 Å². The van der Waals surface area contributed by atoms with Crippen LogP contribution in [0.3, 0.4) is 0 Å². The van der Waals surface area contributed by atoms with Gasteiger partial charge in [0.2, 0.25) is 0 Å². The van der Waals surface area contributed by atoms with E-state index >= 15 is 0 Å². The van der Waals surface area contributed by atoms with Crippen molar-refractivity contribution in [2.75, 3.05) is 4.55 Å². The fourth-order valence-corrected chi connectivity index (χ4v) is 1.77. The molecule has 0 rings (SSSR count). The zero-order valence-corrected chi connectivity index (χ0v) is 10.9. The summed E-state index contributed by atoms with van der Waals surface area (Å²) in [6, 6.07) is 0. The second-order valence-corrected chi connectivity index (χ2v) is 4.56. The Morgan fingerprint density at radius 3 is 2.53 bits per heavy atom. The van der Waals surface area contributed by atoms with E-state index in [1.54, 1.807) is 6.08 Å². The molecular formula is C10H16IN4-. The maximum atomic E-state index is 5.62. The summed E-state index contributed by atoms with van der Waals surface area (Å²) in [5, 5.41) is 0. The van der Waals surface area contributed by atoms with Gasteiger partial charge in [0.1, 0.15) is 0 Å². The second-order valence-electron chi connectivity index (χ2n) is 2.72. The van der Waals surface area contributed by atoms with Gasteiger partial charge in [-0.3, -0.25) is 0 Å². The zero-order valence-electron chi connectivity index (χ0n) is 8.78. The topological polar surface area (TPSA) is 76.8 Å². The molecule has 0 aliphatic rings. The average Bonchev–Trinajstić information content (AvgIpc) is 2.21. The van der Waals surface area contributed by atoms with Crippen molar-refractivity contribution in [2.45, 2.75) is 6.92 Å². The minimum absolute atomic E-state index is 0.421.